The van der Waals surface area contributed by atoms with Gasteiger partial charge in [0, 0.05) is 0 Å². The molecule has 2 heteroatoms. The highest BCUT2D eigenvalue weighted by Gasteiger charge is 2.00. The van der Waals surface area contributed by atoms with Crippen molar-refractivity contribution in [2.45, 2.75) is 27.2 Å². The molecule has 0 fully saturated rings. The van der Waals surface area contributed by atoms with Crippen molar-refractivity contribution >= 4 is 0 Å². The standard InChI is InChI=1S/C13H21NO/c1-4-14-9-6-10-15-13-8-5-7-11(2)12(13)3/h5,7-8,14H,4,6,9-10H2,1-3H3. The number of nitrogens with one attached hydrogen (secondary N) is 1. The fourth-order valence-electron chi connectivity index (χ4n) is 1.44. The number of ether oxygens (including phenoxy) is 1. The highest BCUT2D eigenvalue weighted by atomic mass is 16.5. The molecule has 0 saturated heterocycles. The molecule has 0 atom stereocenters. The first kappa shape index (κ1) is 12.1. The van der Waals surface area contributed by atoms with Crippen LogP contribution in [0.25, 0.3) is 0 Å². The predicted octanol–water partition coefficient (Wildman–Crippen LogP) is 2.68. The molecule has 0 aliphatic rings. The topological polar surface area (TPSA) is 21.3 Å². The van der Waals surface area contributed by atoms with Crippen molar-refractivity contribution in [1.29, 1.82) is 0 Å². The minimum atomic E-state index is 0.789. The van der Waals surface area contributed by atoms with Gasteiger partial charge in [-0.15, -0.1) is 0 Å². The van der Waals surface area contributed by atoms with Crippen LogP contribution in [0.1, 0.15) is 24.5 Å². The lowest BCUT2D eigenvalue weighted by atomic mass is 10.1. The van der Waals surface area contributed by atoms with E-state index in [2.05, 4.69) is 32.2 Å². The fourth-order valence-corrected chi connectivity index (χ4v) is 1.44. The van der Waals surface area contributed by atoms with Gasteiger partial charge in [-0.05, 0) is 50.6 Å². The summed E-state index contributed by atoms with van der Waals surface area (Å²) in [5.41, 5.74) is 2.54. The third kappa shape index (κ3) is 3.92. The van der Waals surface area contributed by atoms with Gasteiger partial charge >= 0.3 is 0 Å². The zero-order chi connectivity index (χ0) is 11.1. The van der Waals surface area contributed by atoms with E-state index in [1.807, 2.05) is 12.1 Å². The van der Waals surface area contributed by atoms with Crippen molar-refractivity contribution in [3.63, 3.8) is 0 Å². The van der Waals surface area contributed by atoms with E-state index in [1.54, 1.807) is 0 Å². The molecule has 1 aromatic rings. The lowest BCUT2D eigenvalue weighted by molar-refractivity contribution is 0.306. The highest BCUT2D eigenvalue weighted by molar-refractivity contribution is 5.38. The number of benzene rings is 1. The van der Waals surface area contributed by atoms with Gasteiger partial charge in [0.15, 0.2) is 0 Å². The second kappa shape index (κ2) is 6.46. The number of aryl methyl sites for hydroxylation is 1. The Morgan fingerprint density at radius 1 is 1.27 bits per heavy atom. The van der Waals surface area contributed by atoms with Gasteiger partial charge in [0.25, 0.3) is 0 Å². The Bertz CT molecular complexity index is 297. The first-order valence-corrected chi connectivity index (χ1v) is 5.65. The molecule has 0 aliphatic carbocycles. The van der Waals surface area contributed by atoms with Crippen molar-refractivity contribution < 1.29 is 4.74 Å². The molecule has 0 unspecified atom stereocenters. The van der Waals surface area contributed by atoms with Crippen LogP contribution in [0, 0.1) is 13.8 Å². The number of hydrogen-bond donors (Lipinski definition) is 1. The first-order chi connectivity index (χ1) is 7.25. The van der Waals surface area contributed by atoms with E-state index in [4.69, 9.17) is 4.74 Å². The van der Waals surface area contributed by atoms with Crippen LogP contribution in [0.4, 0.5) is 0 Å². The molecule has 0 amide bonds. The van der Waals surface area contributed by atoms with Gasteiger partial charge in [0.05, 0.1) is 6.61 Å². The zero-order valence-corrected chi connectivity index (χ0v) is 9.97. The second-order valence-electron chi connectivity index (χ2n) is 3.75. The van der Waals surface area contributed by atoms with Gasteiger partial charge in [0.1, 0.15) is 5.75 Å². The van der Waals surface area contributed by atoms with Crippen molar-refractivity contribution in [3.8, 4) is 5.75 Å². The van der Waals surface area contributed by atoms with Crippen molar-refractivity contribution in [3.05, 3.63) is 29.3 Å². The summed E-state index contributed by atoms with van der Waals surface area (Å²) < 4.78 is 5.72. The van der Waals surface area contributed by atoms with Crippen LogP contribution >= 0.6 is 0 Å². The summed E-state index contributed by atoms with van der Waals surface area (Å²) in [5, 5.41) is 3.28. The van der Waals surface area contributed by atoms with E-state index in [1.165, 1.54) is 11.1 Å². The minimum Gasteiger partial charge on any atom is -0.493 e. The molecule has 0 aromatic heterocycles. The monoisotopic (exact) mass is 207 g/mol. The maximum atomic E-state index is 5.72. The summed E-state index contributed by atoms with van der Waals surface area (Å²) in [6, 6.07) is 6.19. The fraction of sp³-hybridized carbons (Fsp3) is 0.538. The van der Waals surface area contributed by atoms with E-state index in [-0.39, 0.29) is 0 Å². The van der Waals surface area contributed by atoms with Crippen LogP contribution in [0.2, 0.25) is 0 Å². The largest absolute Gasteiger partial charge is 0.493 e. The maximum absolute atomic E-state index is 5.72. The van der Waals surface area contributed by atoms with Crippen LogP contribution in [0.15, 0.2) is 18.2 Å². The average Bonchev–Trinajstić information content (AvgIpc) is 2.24. The molecule has 0 spiro atoms. The summed E-state index contributed by atoms with van der Waals surface area (Å²) in [6.45, 7) is 9.18. The SMILES string of the molecule is CCNCCCOc1cccc(C)c1C. The molecule has 84 valence electrons. The van der Waals surface area contributed by atoms with Crippen molar-refractivity contribution in [2.24, 2.45) is 0 Å². The predicted molar refractivity (Wildman–Crippen MR) is 64.6 cm³/mol. The van der Waals surface area contributed by atoms with E-state index in [0.29, 0.717) is 0 Å². The van der Waals surface area contributed by atoms with Crippen LogP contribution in [-0.4, -0.2) is 19.7 Å². The summed E-state index contributed by atoms with van der Waals surface area (Å²) in [4.78, 5) is 0. The molecule has 0 heterocycles. The Morgan fingerprint density at radius 2 is 2.07 bits per heavy atom. The van der Waals surface area contributed by atoms with Gasteiger partial charge in [-0.3, -0.25) is 0 Å². The quantitative estimate of drug-likeness (QED) is 0.724. The van der Waals surface area contributed by atoms with Crippen molar-refractivity contribution in [1.82, 2.24) is 5.32 Å². The Morgan fingerprint density at radius 3 is 2.80 bits per heavy atom. The summed E-state index contributed by atoms with van der Waals surface area (Å²) in [7, 11) is 0. The molecular formula is C13H21NO. The van der Waals surface area contributed by atoms with Gasteiger partial charge in [-0.2, -0.15) is 0 Å². The Hall–Kier alpha value is -1.02. The first-order valence-electron chi connectivity index (χ1n) is 5.65. The third-order valence-electron chi connectivity index (χ3n) is 2.56. The Labute approximate surface area is 92.6 Å². The average molecular weight is 207 g/mol. The third-order valence-corrected chi connectivity index (χ3v) is 2.56. The zero-order valence-electron chi connectivity index (χ0n) is 9.97. The Kier molecular flexibility index (Phi) is 5.19. The highest BCUT2D eigenvalue weighted by Crippen LogP contribution is 2.20. The second-order valence-corrected chi connectivity index (χ2v) is 3.75. The minimum absolute atomic E-state index is 0.789. The molecule has 0 aliphatic heterocycles. The van der Waals surface area contributed by atoms with Gasteiger partial charge in [-0.1, -0.05) is 19.1 Å². The normalized spacial score (nSPS) is 10.3. The van der Waals surface area contributed by atoms with Crippen LogP contribution in [0.3, 0.4) is 0 Å². The molecule has 1 aromatic carbocycles. The molecule has 15 heavy (non-hydrogen) atoms. The Balaban J connectivity index is 2.34. The molecule has 0 bridgehead atoms. The van der Waals surface area contributed by atoms with E-state index in [9.17, 15) is 0 Å². The maximum Gasteiger partial charge on any atom is 0.122 e. The molecule has 0 radical (unpaired) electrons. The van der Waals surface area contributed by atoms with Crippen LogP contribution in [-0.2, 0) is 0 Å². The molecular weight excluding hydrogens is 186 g/mol. The van der Waals surface area contributed by atoms with E-state index < -0.39 is 0 Å². The van der Waals surface area contributed by atoms with E-state index >= 15 is 0 Å². The lowest BCUT2D eigenvalue weighted by Crippen LogP contribution is -2.16. The smallest absolute Gasteiger partial charge is 0.122 e. The molecule has 0 saturated carbocycles. The van der Waals surface area contributed by atoms with Gasteiger partial charge < -0.3 is 10.1 Å². The number of hydrogen-bond acceptors (Lipinski definition) is 2. The van der Waals surface area contributed by atoms with Crippen molar-refractivity contribution in [2.75, 3.05) is 19.7 Å². The molecule has 2 nitrogen and oxygen atoms in total. The summed E-state index contributed by atoms with van der Waals surface area (Å²) in [5.74, 6) is 1.02. The van der Waals surface area contributed by atoms with E-state index in [0.717, 1.165) is 31.9 Å². The summed E-state index contributed by atoms with van der Waals surface area (Å²) >= 11 is 0. The van der Waals surface area contributed by atoms with Crippen LogP contribution in [0.5, 0.6) is 5.75 Å². The number of rotatable bonds is 6. The molecule has 1 N–H and O–H groups in total. The summed E-state index contributed by atoms with van der Waals surface area (Å²) in [6.07, 6.45) is 1.06. The van der Waals surface area contributed by atoms with Crippen LogP contribution < -0.4 is 10.1 Å². The molecule has 1 rings (SSSR count). The van der Waals surface area contributed by atoms with Gasteiger partial charge in [-0.25, -0.2) is 0 Å². The lowest BCUT2D eigenvalue weighted by Gasteiger charge is -2.10. The van der Waals surface area contributed by atoms with Gasteiger partial charge in [0.2, 0.25) is 0 Å².